The highest BCUT2D eigenvalue weighted by Gasteiger charge is 1.87. The molecule has 0 aliphatic heterocycles. The molecular formula is C5H12N2S. The molecule has 0 aromatic carbocycles. The summed E-state index contributed by atoms with van der Waals surface area (Å²) in [6.45, 7) is 6.96. The van der Waals surface area contributed by atoms with Gasteiger partial charge < -0.3 is 0 Å². The molecular weight excluding hydrogens is 120 g/mol. The van der Waals surface area contributed by atoms with Gasteiger partial charge in [-0.25, -0.2) is 0 Å². The van der Waals surface area contributed by atoms with Crippen molar-refractivity contribution in [3.63, 3.8) is 0 Å². The maximum absolute atomic E-state index is 3.83. The molecule has 0 aliphatic rings. The molecule has 8 heavy (non-hydrogen) atoms. The summed E-state index contributed by atoms with van der Waals surface area (Å²) in [5, 5.41) is 4.36. The van der Waals surface area contributed by atoms with Crippen molar-refractivity contribution < 1.29 is 0 Å². The normalized spacial score (nSPS) is 11.5. The summed E-state index contributed by atoms with van der Waals surface area (Å²) in [6, 6.07) is 0. The Labute approximate surface area is 54.9 Å². The first kappa shape index (κ1) is 7.95. The van der Waals surface area contributed by atoms with E-state index in [9.17, 15) is 0 Å². The van der Waals surface area contributed by atoms with Crippen molar-refractivity contribution in [2.24, 2.45) is 9.63 Å². The van der Waals surface area contributed by atoms with E-state index in [4.69, 9.17) is 0 Å². The lowest BCUT2D eigenvalue weighted by molar-refractivity contribution is 1.03. The number of nitrogens with zero attached hydrogens (tertiary/aromatic N) is 2. The average molecular weight is 132 g/mol. The Morgan fingerprint density at radius 1 is 1.50 bits per heavy atom. The van der Waals surface area contributed by atoms with E-state index in [1.807, 2.05) is 6.92 Å². The van der Waals surface area contributed by atoms with Crippen LogP contribution in [0.3, 0.4) is 0 Å². The standard InChI is InChI=1S/C5H12N2S/c1-4-6-7-8-5(2)3/h5H,4H2,1-3H3. The molecule has 3 heteroatoms. The van der Waals surface area contributed by atoms with Crippen LogP contribution >= 0.6 is 11.9 Å². The van der Waals surface area contributed by atoms with Gasteiger partial charge in [0.05, 0.1) is 6.54 Å². The molecule has 0 aromatic heterocycles. The van der Waals surface area contributed by atoms with E-state index in [1.165, 1.54) is 11.9 Å². The third-order valence-corrected chi connectivity index (χ3v) is 1.09. The molecule has 0 saturated heterocycles. The minimum Gasteiger partial charge on any atom is -0.182 e. The van der Waals surface area contributed by atoms with E-state index in [-0.39, 0.29) is 0 Å². The van der Waals surface area contributed by atoms with E-state index >= 15 is 0 Å². The number of hydrogen-bond acceptors (Lipinski definition) is 3. The maximum atomic E-state index is 3.83. The molecule has 0 heterocycles. The Morgan fingerprint density at radius 3 is 2.50 bits per heavy atom. The fraction of sp³-hybridized carbons (Fsp3) is 1.00. The van der Waals surface area contributed by atoms with Crippen molar-refractivity contribution in [2.75, 3.05) is 6.54 Å². The molecule has 0 aliphatic carbocycles. The molecule has 0 rings (SSSR count). The Morgan fingerprint density at radius 2 is 2.12 bits per heavy atom. The van der Waals surface area contributed by atoms with Gasteiger partial charge in [-0.05, 0) is 18.9 Å². The van der Waals surface area contributed by atoms with Crippen LogP contribution in [0.4, 0.5) is 0 Å². The fourth-order valence-electron chi connectivity index (χ4n) is 0.185. The predicted octanol–water partition coefficient (Wildman–Crippen LogP) is 2.52. The lowest BCUT2D eigenvalue weighted by atomic mass is 10.6. The summed E-state index contributed by atoms with van der Waals surface area (Å²) in [7, 11) is 0. The first-order valence-electron chi connectivity index (χ1n) is 2.80. The first-order valence-corrected chi connectivity index (χ1v) is 3.63. The lowest BCUT2D eigenvalue weighted by Gasteiger charge is -1.91. The molecule has 0 spiro atoms. The quantitative estimate of drug-likeness (QED) is 0.428. The van der Waals surface area contributed by atoms with Gasteiger partial charge in [0.25, 0.3) is 0 Å². The second-order valence-corrected chi connectivity index (χ2v) is 3.01. The van der Waals surface area contributed by atoms with Crippen LogP contribution in [0, 0.1) is 0 Å². The monoisotopic (exact) mass is 132 g/mol. The zero-order chi connectivity index (χ0) is 6.41. The minimum absolute atomic E-state index is 0.560. The van der Waals surface area contributed by atoms with Crippen LogP contribution in [0.2, 0.25) is 0 Å². The Bertz CT molecular complexity index is 70.8. The molecule has 0 radical (unpaired) electrons. The van der Waals surface area contributed by atoms with E-state index in [1.54, 1.807) is 0 Å². The smallest absolute Gasteiger partial charge is 0.0581 e. The Hall–Kier alpha value is -0.0500. The van der Waals surface area contributed by atoms with E-state index < -0.39 is 0 Å². The van der Waals surface area contributed by atoms with Gasteiger partial charge in [-0.1, -0.05) is 13.8 Å². The van der Waals surface area contributed by atoms with Crippen LogP contribution in [-0.2, 0) is 0 Å². The molecule has 0 unspecified atom stereocenters. The summed E-state index contributed by atoms with van der Waals surface area (Å²) in [4.78, 5) is 0. The van der Waals surface area contributed by atoms with Crippen molar-refractivity contribution in [3.05, 3.63) is 0 Å². The van der Waals surface area contributed by atoms with Crippen molar-refractivity contribution in [1.82, 2.24) is 0 Å². The summed E-state index contributed by atoms with van der Waals surface area (Å²) in [5.74, 6) is 0. The molecule has 0 fully saturated rings. The predicted molar refractivity (Wildman–Crippen MR) is 38.1 cm³/mol. The molecule has 2 nitrogen and oxygen atoms in total. The second kappa shape index (κ2) is 5.09. The number of hydrogen-bond donors (Lipinski definition) is 0. The molecule has 0 bridgehead atoms. The van der Waals surface area contributed by atoms with Crippen LogP contribution in [-0.4, -0.2) is 11.8 Å². The van der Waals surface area contributed by atoms with Crippen molar-refractivity contribution in [1.29, 1.82) is 0 Å². The van der Waals surface area contributed by atoms with Gasteiger partial charge in [0.1, 0.15) is 0 Å². The number of rotatable bonds is 3. The molecule has 0 atom stereocenters. The highest BCUT2D eigenvalue weighted by molar-refractivity contribution is 7.98. The SMILES string of the molecule is CCN=NSC(C)C. The van der Waals surface area contributed by atoms with Gasteiger partial charge in [0, 0.05) is 5.25 Å². The van der Waals surface area contributed by atoms with Gasteiger partial charge in [-0.2, -0.15) is 5.11 Å². The van der Waals surface area contributed by atoms with Crippen LogP contribution in [0.1, 0.15) is 20.8 Å². The zero-order valence-corrected chi connectivity index (χ0v) is 6.40. The summed E-state index contributed by atoms with van der Waals surface area (Å²) >= 11 is 1.51. The van der Waals surface area contributed by atoms with Gasteiger partial charge >= 0.3 is 0 Å². The van der Waals surface area contributed by atoms with Crippen LogP contribution < -0.4 is 0 Å². The fourth-order valence-corrected chi connectivity index (χ4v) is 0.556. The Balaban J connectivity index is 3.03. The average Bonchev–Trinajstić information content (AvgIpc) is 1.66. The summed E-state index contributed by atoms with van der Waals surface area (Å²) in [6.07, 6.45) is 0. The van der Waals surface area contributed by atoms with Gasteiger partial charge in [0.15, 0.2) is 0 Å². The highest BCUT2D eigenvalue weighted by Crippen LogP contribution is 2.09. The Kier molecular flexibility index (Phi) is 5.06. The van der Waals surface area contributed by atoms with Crippen LogP contribution in [0.15, 0.2) is 9.63 Å². The second-order valence-electron chi connectivity index (χ2n) is 1.69. The topological polar surface area (TPSA) is 24.7 Å². The largest absolute Gasteiger partial charge is 0.182 e. The molecule has 48 valence electrons. The lowest BCUT2D eigenvalue weighted by Crippen LogP contribution is -1.80. The zero-order valence-electron chi connectivity index (χ0n) is 5.59. The van der Waals surface area contributed by atoms with Gasteiger partial charge in [-0.3, -0.25) is 0 Å². The molecule has 0 amide bonds. The van der Waals surface area contributed by atoms with Gasteiger partial charge in [-0.15, -0.1) is 4.52 Å². The van der Waals surface area contributed by atoms with E-state index in [0.29, 0.717) is 5.25 Å². The third-order valence-electron chi connectivity index (χ3n) is 0.457. The van der Waals surface area contributed by atoms with Gasteiger partial charge in [0.2, 0.25) is 0 Å². The van der Waals surface area contributed by atoms with E-state index in [0.717, 1.165) is 6.54 Å². The summed E-state index contributed by atoms with van der Waals surface area (Å²) < 4.78 is 3.83. The molecule has 0 saturated carbocycles. The maximum Gasteiger partial charge on any atom is 0.0581 e. The molecule has 0 N–H and O–H groups in total. The summed E-state index contributed by atoms with van der Waals surface area (Å²) in [5.41, 5.74) is 0. The molecule has 0 aromatic rings. The highest BCUT2D eigenvalue weighted by atomic mass is 32.2. The van der Waals surface area contributed by atoms with Crippen molar-refractivity contribution in [3.8, 4) is 0 Å². The first-order chi connectivity index (χ1) is 3.77. The minimum atomic E-state index is 0.560. The van der Waals surface area contributed by atoms with Crippen LogP contribution in [0.25, 0.3) is 0 Å². The van der Waals surface area contributed by atoms with Crippen LogP contribution in [0.5, 0.6) is 0 Å². The van der Waals surface area contributed by atoms with Crippen molar-refractivity contribution in [2.45, 2.75) is 26.0 Å². The van der Waals surface area contributed by atoms with E-state index in [2.05, 4.69) is 23.5 Å². The van der Waals surface area contributed by atoms with Crippen molar-refractivity contribution >= 4 is 11.9 Å². The third kappa shape index (κ3) is 5.95.